The molecule has 0 saturated carbocycles. The summed E-state index contributed by atoms with van der Waals surface area (Å²) in [7, 11) is 4.42. The second kappa shape index (κ2) is 9.70. The molecule has 174 valence electrons. The topological polar surface area (TPSA) is 68.3 Å². The van der Waals surface area contributed by atoms with Crippen LogP contribution in [-0.4, -0.2) is 49.8 Å². The molecule has 1 saturated heterocycles. The smallest absolute Gasteiger partial charge is 0.325 e. The molecule has 9 heteroatoms. The molecule has 3 aromatic carbocycles. The quantitative estimate of drug-likeness (QED) is 0.279. The number of thiocarbonyl (C=S) groups is 1. The number of amides is 1. The van der Waals surface area contributed by atoms with Crippen molar-refractivity contribution in [2.75, 3.05) is 32.8 Å². The lowest BCUT2D eigenvalue weighted by Gasteiger charge is -2.19. The van der Waals surface area contributed by atoms with E-state index in [0.717, 1.165) is 10.8 Å². The molecule has 7 nitrogen and oxygen atoms in total. The number of carbonyl (C=O) groups is 2. The number of esters is 1. The molecule has 0 unspecified atom stereocenters. The molecule has 1 aliphatic rings. The number of ether oxygens (including phenoxy) is 3. The van der Waals surface area contributed by atoms with Crippen molar-refractivity contribution in [3.8, 4) is 11.5 Å². The minimum atomic E-state index is -0.537. The molecule has 0 N–H and O–H groups in total. The zero-order valence-corrected chi connectivity index (χ0v) is 20.3. The number of hydrogen-bond donors (Lipinski definition) is 0. The Morgan fingerprint density at radius 3 is 2.38 bits per heavy atom. The molecular formula is C25H21ClN2O5S. The van der Waals surface area contributed by atoms with Gasteiger partial charge in [-0.05, 0) is 71.5 Å². The molecule has 1 amide bonds. The predicted molar refractivity (Wildman–Crippen MR) is 135 cm³/mol. The van der Waals surface area contributed by atoms with Crippen molar-refractivity contribution in [1.82, 2.24) is 4.90 Å². The van der Waals surface area contributed by atoms with Gasteiger partial charge in [0.1, 0.15) is 23.7 Å². The van der Waals surface area contributed by atoms with Gasteiger partial charge in [-0.1, -0.05) is 23.7 Å². The first-order chi connectivity index (χ1) is 16.4. The zero-order chi connectivity index (χ0) is 24.4. The maximum absolute atomic E-state index is 13.6. The van der Waals surface area contributed by atoms with E-state index in [-0.39, 0.29) is 17.4 Å². The molecule has 1 fully saturated rings. The number of hydrogen-bond acceptors (Lipinski definition) is 6. The monoisotopic (exact) mass is 496 g/mol. The number of rotatable bonds is 6. The summed E-state index contributed by atoms with van der Waals surface area (Å²) in [6.07, 6.45) is 1.67. The minimum Gasteiger partial charge on any atom is -0.497 e. The highest BCUT2D eigenvalue weighted by Gasteiger charge is 2.40. The van der Waals surface area contributed by atoms with Crippen molar-refractivity contribution in [3.05, 3.63) is 70.9 Å². The fraction of sp³-hybridized carbons (Fsp3) is 0.160. The molecule has 0 aliphatic carbocycles. The van der Waals surface area contributed by atoms with E-state index in [9.17, 15) is 9.59 Å². The summed E-state index contributed by atoms with van der Waals surface area (Å²) < 4.78 is 15.8. The van der Waals surface area contributed by atoms with E-state index < -0.39 is 11.9 Å². The summed E-state index contributed by atoms with van der Waals surface area (Å²) in [6, 6.07) is 16.1. The number of anilines is 1. The summed E-state index contributed by atoms with van der Waals surface area (Å²) in [5.41, 5.74) is 1.39. The van der Waals surface area contributed by atoms with Crippen LogP contribution in [0.1, 0.15) is 5.56 Å². The maximum atomic E-state index is 13.6. The van der Waals surface area contributed by atoms with Crippen molar-refractivity contribution < 1.29 is 23.8 Å². The SMILES string of the molecule is COC(=O)CN1C(=S)N(c2ccc(Cl)cc2)C(=O)/C1=C/c1c(OC)ccc2ccc(OC)cc12. The van der Waals surface area contributed by atoms with Gasteiger partial charge < -0.3 is 19.1 Å². The number of methoxy groups -OCH3 is 3. The summed E-state index contributed by atoms with van der Waals surface area (Å²) in [5.74, 6) is 0.279. The molecule has 0 radical (unpaired) electrons. The molecule has 1 heterocycles. The van der Waals surface area contributed by atoms with Crippen LogP contribution in [-0.2, 0) is 14.3 Å². The van der Waals surface area contributed by atoms with Crippen LogP contribution in [0.5, 0.6) is 11.5 Å². The van der Waals surface area contributed by atoms with Gasteiger partial charge in [0.15, 0.2) is 5.11 Å². The van der Waals surface area contributed by atoms with Crippen LogP contribution >= 0.6 is 23.8 Å². The average Bonchev–Trinajstić information content (AvgIpc) is 3.08. The Morgan fingerprint density at radius 2 is 1.74 bits per heavy atom. The van der Waals surface area contributed by atoms with Crippen LogP contribution in [0.2, 0.25) is 5.02 Å². The standard InChI is InChI=1S/C25H21ClN2O5S/c1-31-18-10-4-15-5-11-22(32-2)20(19(15)12-18)13-21-24(30)28(17-8-6-16(26)7-9-17)25(34)27(21)14-23(29)33-3/h4-13H,14H2,1-3H3/b21-13-. The van der Waals surface area contributed by atoms with Gasteiger partial charge in [-0.3, -0.25) is 14.5 Å². The Kier molecular flexibility index (Phi) is 6.72. The zero-order valence-electron chi connectivity index (χ0n) is 18.7. The highest BCUT2D eigenvalue weighted by molar-refractivity contribution is 7.80. The van der Waals surface area contributed by atoms with Gasteiger partial charge in [0.2, 0.25) is 0 Å². The number of carbonyl (C=O) groups excluding carboxylic acids is 2. The molecular weight excluding hydrogens is 476 g/mol. The highest BCUT2D eigenvalue weighted by Crippen LogP contribution is 2.36. The minimum absolute atomic E-state index is 0.153. The number of nitrogens with zero attached hydrogens (tertiary/aromatic N) is 2. The Labute approximate surface area is 207 Å². The fourth-order valence-corrected chi connectivity index (χ4v) is 4.21. The molecule has 0 atom stereocenters. The normalized spacial score (nSPS) is 14.8. The Morgan fingerprint density at radius 1 is 1.03 bits per heavy atom. The van der Waals surface area contributed by atoms with E-state index in [0.29, 0.717) is 27.8 Å². The van der Waals surface area contributed by atoms with Crippen molar-refractivity contribution in [2.45, 2.75) is 0 Å². The predicted octanol–water partition coefficient (Wildman–Crippen LogP) is 4.66. The molecule has 0 bridgehead atoms. The van der Waals surface area contributed by atoms with E-state index in [1.54, 1.807) is 44.6 Å². The summed E-state index contributed by atoms with van der Waals surface area (Å²) in [4.78, 5) is 28.6. The lowest BCUT2D eigenvalue weighted by molar-refractivity contribution is -0.140. The lowest BCUT2D eigenvalue weighted by atomic mass is 10.0. The second-order valence-corrected chi connectivity index (χ2v) is 8.16. The van der Waals surface area contributed by atoms with Gasteiger partial charge >= 0.3 is 5.97 Å². The van der Waals surface area contributed by atoms with E-state index in [1.807, 2.05) is 30.3 Å². The number of benzene rings is 3. The first kappa shape index (κ1) is 23.5. The van der Waals surface area contributed by atoms with Crippen LogP contribution in [0.3, 0.4) is 0 Å². The fourth-order valence-electron chi connectivity index (χ4n) is 3.74. The van der Waals surface area contributed by atoms with Gasteiger partial charge in [-0.2, -0.15) is 0 Å². The summed E-state index contributed by atoms with van der Waals surface area (Å²) in [5, 5.41) is 2.42. The molecule has 4 rings (SSSR count). The third-order valence-corrected chi connectivity index (χ3v) is 6.12. The Balaban J connectivity index is 1.91. The number of fused-ring (bicyclic) bond motifs is 1. The van der Waals surface area contributed by atoms with Crippen LogP contribution in [0.4, 0.5) is 5.69 Å². The van der Waals surface area contributed by atoms with Gasteiger partial charge in [0, 0.05) is 10.6 Å². The largest absolute Gasteiger partial charge is 0.497 e. The molecule has 1 aliphatic heterocycles. The van der Waals surface area contributed by atoms with Crippen LogP contribution in [0, 0.1) is 0 Å². The van der Waals surface area contributed by atoms with Gasteiger partial charge in [0.05, 0.1) is 27.0 Å². The van der Waals surface area contributed by atoms with E-state index in [1.165, 1.54) is 16.9 Å². The van der Waals surface area contributed by atoms with Crippen LogP contribution in [0.15, 0.2) is 60.3 Å². The van der Waals surface area contributed by atoms with E-state index in [2.05, 4.69) is 0 Å². The Hall–Kier alpha value is -3.62. The first-order valence-electron chi connectivity index (χ1n) is 10.2. The Bertz CT molecular complexity index is 1320. The third-order valence-electron chi connectivity index (χ3n) is 5.47. The average molecular weight is 497 g/mol. The van der Waals surface area contributed by atoms with Gasteiger partial charge in [0.25, 0.3) is 5.91 Å². The third kappa shape index (κ3) is 4.30. The van der Waals surface area contributed by atoms with Crippen molar-refractivity contribution >= 4 is 63.3 Å². The lowest BCUT2D eigenvalue weighted by Crippen LogP contribution is -2.35. The molecule has 0 spiro atoms. The summed E-state index contributed by atoms with van der Waals surface area (Å²) in [6.45, 7) is -0.229. The van der Waals surface area contributed by atoms with Crippen molar-refractivity contribution in [1.29, 1.82) is 0 Å². The summed E-state index contributed by atoms with van der Waals surface area (Å²) >= 11 is 11.6. The van der Waals surface area contributed by atoms with Crippen LogP contribution in [0.25, 0.3) is 16.8 Å². The second-order valence-electron chi connectivity index (χ2n) is 7.36. The van der Waals surface area contributed by atoms with Gasteiger partial charge in [-0.15, -0.1) is 0 Å². The highest BCUT2D eigenvalue weighted by atomic mass is 35.5. The molecule has 34 heavy (non-hydrogen) atoms. The van der Waals surface area contributed by atoms with Gasteiger partial charge in [-0.25, -0.2) is 0 Å². The van der Waals surface area contributed by atoms with E-state index >= 15 is 0 Å². The molecule has 0 aromatic heterocycles. The van der Waals surface area contributed by atoms with E-state index in [4.69, 9.17) is 38.0 Å². The maximum Gasteiger partial charge on any atom is 0.325 e. The first-order valence-corrected chi connectivity index (χ1v) is 11.0. The number of halogens is 1. The van der Waals surface area contributed by atoms with Crippen LogP contribution < -0.4 is 14.4 Å². The van der Waals surface area contributed by atoms with Crippen molar-refractivity contribution in [3.63, 3.8) is 0 Å². The van der Waals surface area contributed by atoms with Crippen molar-refractivity contribution in [2.24, 2.45) is 0 Å². The molecule has 3 aromatic rings.